The summed E-state index contributed by atoms with van der Waals surface area (Å²) in [7, 11) is 0. The van der Waals surface area contributed by atoms with Crippen LogP contribution in [0.15, 0.2) is 164 Å². The lowest BCUT2D eigenvalue weighted by molar-refractivity contribution is 0.403. The van der Waals surface area contributed by atoms with Gasteiger partial charge in [-0.15, -0.1) is 11.3 Å². The maximum Gasteiger partial charge on any atom is 0.0640 e. The number of hydrogen-bond acceptors (Lipinski definition) is 2. The Balaban J connectivity index is 1.08. The van der Waals surface area contributed by atoms with Crippen LogP contribution in [0.1, 0.15) is 45.2 Å². The molecule has 0 bridgehead atoms. The molecular formula is C49H41NS. The number of para-hydroxylation sites is 1. The van der Waals surface area contributed by atoms with E-state index in [1.54, 1.807) is 0 Å². The fourth-order valence-corrected chi connectivity index (χ4v) is 9.82. The largest absolute Gasteiger partial charge is 0.309 e. The van der Waals surface area contributed by atoms with Crippen LogP contribution in [0.3, 0.4) is 0 Å². The van der Waals surface area contributed by atoms with E-state index in [1.165, 1.54) is 76.8 Å². The van der Waals surface area contributed by atoms with Gasteiger partial charge in [-0.3, -0.25) is 0 Å². The molecule has 1 aliphatic rings. The highest BCUT2D eigenvalue weighted by Gasteiger charge is 2.42. The van der Waals surface area contributed by atoms with Crippen LogP contribution in [0.4, 0.5) is 17.1 Å². The summed E-state index contributed by atoms with van der Waals surface area (Å²) in [6.45, 7) is 9.63. The fourth-order valence-electron chi connectivity index (χ4n) is 8.59. The van der Waals surface area contributed by atoms with Gasteiger partial charge in [-0.05, 0) is 110 Å². The highest BCUT2D eigenvalue weighted by atomic mass is 32.1. The molecule has 0 N–H and O–H groups in total. The van der Waals surface area contributed by atoms with E-state index in [2.05, 4.69) is 196 Å². The van der Waals surface area contributed by atoms with Crippen molar-refractivity contribution in [1.29, 1.82) is 0 Å². The van der Waals surface area contributed by atoms with E-state index in [0.29, 0.717) is 0 Å². The average molecular weight is 676 g/mol. The van der Waals surface area contributed by atoms with E-state index in [0.717, 1.165) is 11.4 Å². The predicted octanol–water partition coefficient (Wildman–Crippen LogP) is 14.5. The normalized spacial score (nSPS) is 14.5. The summed E-state index contributed by atoms with van der Waals surface area (Å²) >= 11 is 1.93. The second-order valence-corrected chi connectivity index (χ2v) is 16.4. The van der Waals surface area contributed by atoms with Gasteiger partial charge in [0, 0.05) is 26.8 Å². The van der Waals surface area contributed by atoms with Gasteiger partial charge in [0.15, 0.2) is 0 Å². The number of benzene rings is 7. The smallest absolute Gasteiger partial charge is 0.0640 e. The van der Waals surface area contributed by atoms with Crippen LogP contribution in [-0.4, -0.2) is 0 Å². The Labute approximate surface area is 305 Å². The lowest BCUT2D eigenvalue weighted by Crippen LogP contribution is -2.17. The molecule has 0 amide bonds. The summed E-state index contributed by atoms with van der Waals surface area (Å²) in [5, 5.41) is 2.71. The van der Waals surface area contributed by atoms with Crippen molar-refractivity contribution < 1.29 is 0 Å². The SMILES string of the molecule is CC1(C)CC(C)(C)c2cc3c(cc21)sc1c(N(c2ccccc2)c2ccc(-c4ccc(-c5cccc(-c6ccccc6)c5)cc4)cc2)cccc13. The molecule has 1 aromatic heterocycles. The molecule has 8 aromatic rings. The lowest BCUT2D eigenvalue weighted by Gasteiger charge is -2.26. The van der Waals surface area contributed by atoms with Crippen LogP contribution in [0, 0.1) is 0 Å². The molecule has 1 aliphatic carbocycles. The third-order valence-electron chi connectivity index (χ3n) is 10.9. The molecule has 7 aromatic carbocycles. The van der Waals surface area contributed by atoms with E-state index < -0.39 is 0 Å². The fraction of sp³-hybridized carbons (Fsp3) is 0.143. The van der Waals surface area contributed by atoms with Gasteiger partial charge in [0.05, 0.1) is 10.4 Å². The lowest BCUT2D eigenvalue weighted by atomic mass is 9.82. The maximum absolute atomic E-state index is 2.51. The molecule has 0 saturated carbocycles. The molecule has 2 heteroatoms. The Morgan fingerprint density at radius 3 is 1.57 bits per heavy atom. The monoisotopic (exact) mass is 675 g/mol. The zero-order chi connectivity index (χ0) is 34.7. The van der Waals surface area contributed by atoms with Crippen LogP contribution >= 0.6 is 11.3 Å². The topological polar surface area (TPSA) is 3.24 Å². The molecule has 248 valence electrons. The van der Waals surface area contributed by atoms with Crippen LogP contribution in [0.5, 0.6) is 0 Å². The molecule has 0 unspecified atom stereocenters. The second kappa shape index (κ2) is 12.1. The first-order valence-electron chi connectivity index (χ1n) is 18.0. The molecular weight excluding hydrogens is 635 g/mol. The van der Waals surface area contributed by atoms with Crippen LogP contribution in [-0.2, 0) is 10.8 Å². The van der Waals surface area contributed by atoms with Gasteiger partial charge in [0.2, 0.25) is 0 Å². The molecule has 0 spiro atoms. The van der Waals surface area contributed by atoms with Gasteiger partial charge in [0.25, 0.3) is 0 Å². The van der Waals surface area contributed by atoms with Crippen LogP contribution in [0.25, 0.3) is 53.6 Å². The van der Waals surface area contributed by atoms with Gasteiger partial charge < -0.3 is 4.90 Å². The molecule has 0 radical (unpaired) electrons. The maximum atomic E-state index is 2.51. The molecule has 0 aliphatic heterocycles. The molecule has 0 fully saturated rings. The predicted molar refractivity (Wildman–Crippen MR) is 221 cm³/mol. The molecule has 51 heavy (non-hydrogen) atoms. The van der Waals surface area contributed by atoms with E-state index in [9.17, 15) is 0 Å². The summed E-state index contributed by atoms with van der Waals surface area (Å²) in [4.78, 5) is 2.42. The van der Waals surface area contributed by atoms with E-state index in [-0.39, 0.29) is 10.8 Å². The minimum atomic E-state index is 0.171. The van der Waals surface area contributed by atoms with Gasteiger partial charge in [0.1, 0.15) is 0 Å². The van der Waals surface area contributed by atoms with Gasteiger partial charge in [-0.1, -0.05) is 143 Å². The number of fused-ring (bicyclic) bond motifs is 4. The highest BCUT2D eigenvalue weighted by molar-refractivity contribution is 7.26. The van der Waals surface area contributed by atoms with Crippen molar-refractivity contribution in [1.82, 2.24) is 0 Å². The summed E-state index contributed by atoms with van der Waals surface area (Å²) in [6, 6.07) is 60.0. The second-order valence-electron chi connectivity index (χ2n) is 15.3. The Morgan fingerprint density at radius 1 is 0.431 bits per heavy atom. The Morgan fingerprint density at radius 2 is 0.922 bits per heavy atom. The molecule has 0 atom stereocenters. The van der Waals surface area contributed by atoms with Crippen molar-refractivity contribution in [3.05, 3.63) is 175 Å². The highest BCUT2D eigenvalue weighted by Crippen LogP contribution is 2.53. The van der Waals surface area contributed by atoms with Crippen molar-refractivity contribution in [2.75, 3.05) is 4.90 Å². The summed E-state index contributed by atoms with van der Waals surface area (Å²) < 4.78 is 2.70. The number of thiophene rings is 1. The molecule has 1 heterocycles. The number of nitrogens with zero attached hydrogens (tertiary/aromatic N) is 1. The van der Waals surface area contributed by atoms with Crippen molar-refractivity contribution in [3.63, 3.8) is 0 Å². The van der Waals surface area contributed by atoms with Crippen molar-refractivity contribution in [2.45, 2.75) is 44.9 Å². The summed E-state index contributed by atoms with van der Waals surface area (Å²) in [5.74, 6) is 0. The molecule has 9 rings (SSSR count). The minimum Gasteiger partial charge on any atom is -0.309 e. The first-order chi connectivity index (χ1) is 24.7. The Bertz CT molecular complexity index is 2520. The summed E-state index contributed by atoms with van der Waals surface area (Å²) in [5.41, 5.74) is 14.2. The van der Waals surface area contributed by atoms with Gasteiger partial charge in [-0.25, -0.2) is 0 Å². The van der Waals surface area contributed by atoms with Crippen molar-refractivity contribution in [3.8, 4) is 33.4 Å². The molecule has 1 nitrogen and oxygen atoms in total. The van der Waals surface area contributed by atoms with Crippen LogP contribution < -0.4 is 4.90 Å². The van der Waals surface area contributed by atoms with Crippen molar-refractivity contribution >= 4 is 48.6 Å². The van der Waals surface area contributed by atoms with E-state index >= 15 is 0 Å². The minimum absolute atomic E-state index is 0.171. The number of anilines is 3. The Hall–Kier alpha value is -5.44. The zero-order valence-corrected chi connectivity index (χ0v) is 30.5. The first-order valence-corrected chi connectivity index (χ1v) is 18.8. The first kappa shape index (κ1) is 31.5. The molecule has 0 saturated heterocycles. The van der Waals surface area contributed by atoms with E-state index in [1.807, 2.05) is 11.3 Å². The third kappa shape index (κ3) is 5.55. The zero-order valence-electron chi connectivity index (χ0n) is 29.7. The summed E-state index contributed by atoms with van der Waals surface area (Å²) in [6.07, 6.45) is 1.18. The number of hydrogen-bond donors (Lipinski definition) is 0. The standard InChI is InChI=1S/C49H41NS/c1-48(2)32-49(3,4)44-31-46-42(30-43(44)48)41-19-12-20-45(47(41)51-46)50(39-17-9-6-10-18-39)40-27-25-35(26-28-40)34-21-23-36(24-22-34)38-16-11-15-37(29-38)33-13-7-5-8-14-33/h5-31H,32H2,1-4H3. The van der Waals surface area contributed by atoms with Crippen molar-refractivity contribution in [2.24, 2.45) is 0 Å². The quantitative estimate of drug-likeness (QED) is 0.170. The Kier molecular flexibility index (Phi) is 7.49. The van der Waals surface area contributed by atoms with Crippen LogP contribution in [0.2, 0.25) is 0 Å². The van der Waals surface area contributed by atoms with Gasteiger partial charge >= 0.3 is 0 Å². The number of rotatable bonds is 6. The third-order valence-corrected chi connectivity index (χ3v) is 12.1. The van der Waals surface area contributed by atoms with E-state index in [4.69, 9.17) is 0 Å². The van der Waals surface area contributed by atoms with Gasteiger partial charge in [-0.2, -0.15) is 0 Å². The average Bonchev–Trinajstić information content (AvgIpc) is 3.62.